The van der Waals surface area contributed by atoms with Gasteiger partial charge in [0.1, 0.15) is 5.82 Å². The third-order valence-electron chi connectivity index (χ3n) is 1.40. The lowest BCUT2D eigenvalue weighted by Crippen LogP contribution is -1.98. The van der Waals surface area contributed by atoms with Crippen molar-refractivity contribution in [2.45, 2.75) is 26.6 Å². The van der Waals surface area contributed by atoms with Crippen LogP contribution in [0.4, 0.5) is 4.39 Å². The van der Waals surface area contributed by atoms with Gasteiger partial charge in [-0.3, -0.25) is 0 Å². The molecule has 0 saturated carbocycles. The molecular weight excluding hydrogens is 131 g/mol. The molecule has 0 atom stereocenters. The van der Waals surface area contributed by atoms with Gasteiger partial charge >= 0.3 is 0 Å². The summed E-state index contributed by atoms with van der Waals surface area (Å²) in [5.74, 6) is 0.838. The lowest BCUT2D eigenvalue weighted by molar-refractivity contribution is 0.367. The number of hydrogen-bond acceptors (Lipinski definition) is 1. The van der Waals surface area contributed by atoms with Crippen LogP contribution >= 0.6 is 0 Å². The monoisotopic (exact) mass is 142 g/mol. The Bertz CT molecular complexity index is 195. The van der Waals surface area contributed by atoms with Crippen molar-refractivity contribution in [3.8, 4) is 0 Å². The Morgan fingerprint density at radius 3 is 3.10 bits per heavy atom. The molecule has 0 saturated heterocycles. The molecule has 3 heteroatoms. The van der Waals surface area contributed by atoms with E-state index in [4.69, 9.17) is 0 Å². The van der Waals surface area contributed by atoms with Gasteiger partial charge in [0.25, 0.3) is 0 Å². The van der Waals surface area contributed by atoms with Crippen molar-refractivity contribution in [3.05, 3.63) is 18.2 Å². The van der Waals surface area contributed by atoms with E-state index in [9.17, 15) is 4.39 Å². The van der Waals surface area contributed by atoms with Crippen LogP contribution in [0.3, 0.4) is 0 Å². The first-order chi connectivity index (χ1) is 4.88. The summed E-state index contributed by atoms with van der Waals surface area (Å²) in [5, 5.41) is 0. The number of imidazole rings is 1. The van der Waals surface area contributed by atoms with E-state index in [1.165, 1.54) is 4.57 Å². The second-order valence-electron chi connectivity index (χ2n) is 2.18. The van der Waals surface area contributed by atoms with Gasteiger partial charge in [0.05, 0.1) is 0 Å². The molecule has 0 N–H and O–H groups in total. The summed E-state index contributed by atoms with van der Waals surface area (Å²) in [4.78, 5) is 4.00. The Morgan fingerprint density at radius 2 is 2.50 bits per heavy atom. The van der Waals surface area contributed by atoms with Crippen LogP contribution in [0.25, 0.3) is 0 Å². The Balaban J connectivity index is 2.70. The third-order valence-corrected chi connectivity index (χ3v) is 1.40. The maximum atomic E-state index is 12.1. The Morgan fingerprint density at radius 1 is 1.70 bits per heavy atom. The fraction of sp³-hybridized carbons (Fsp3) is 0.571. The number of nitrogens with zero attached hydrogens (tertiary/aromatic N) is 2. The average Bonchev–Trinajstić information content (AvgIpc) is 2.36. The van der Waals surface area contributed by atoms with E-state index < -0.39 is 6.80 Å². The zero-order chi connectivity index (χ0) is 7.40. The Hall–Kier alpha value is -0.860. The molecule has 0 aliphatic rings. The van der Waals surface area contributed by atoms with Crippen LogP contribution in [0.5, 0.6) is 0 Å². The summed E-state index contributed by atoms with van der Waals surface area (Å²) < 4.78 is 13.6. The van der Waals surface area contributed by atoms with E-state index in [0.717, 1.165) is 18.7 Å². The molecule has 0 aliphatic heterocycles. The van der Waals surface area contributed by atoms with Crippen molar-refractivity contribution >= 4 is 0 Å². The minimum atomic E-state index is -0.463. The first-order valence-electron chi connectivity index (χ1n) is 3.44. The van der Waals surface area contributed by atoms with Gasteiger partial charge in [-0.25, -0.2) is 9.37 Å². The molecule has 1 aromatic heterocycles. The lowest BCUT2D eigenvalue weighted by atomic mass is 10.3. The highest BCUT2D eigenvalue weighted by Crippen LogP contribution is 2.00. The van der Waals surface area contributed by atoms with Crippen LogP contribution in [0.2, 0.25) is 0 Å². The minimum absolute atomic E-state index is 0.463. The van der Waals surface area contributed by atoms with Crippen molar-refractivity contribution in [1.29, 1.82) is 0 Å². The molecule has 0 aliphatic carbocycles. The Labute approximate surface area is 59.7 Å². The highest BCUT2D eigenvalue weighted by Gasteiger charge is 1.98. The van der Waals surface area contributed by atoms with Crippen LogP contribution < -0.4 is 0 Å². The summed E-state index contributed by atoms with van der Waals surface area (Å²) in [6.45, 7) is 1.59. The second kappa shape index (κ2) is 3.34. The van der Waals surface area contributed by atoms with Crippen molar-refractivity contribution < 1.29 is 4.39 Å². The third kappa shape index (κ3) is 1.35. The number of halogens is 1. The Kier molecular flexibility index (Phi) is 2.42. The van der Waals surface area contributed by atoms with Gasteiger partial charge < -0.3 is 4.57 Å². The molecule has 0 unspecified atom stereocenters. The molecule has 1 aromatic rings. The van der Waals surface area contributed by atoms with Gasteiger partial charge in [-0.05, 0) is 6.42 Å². The highest BCUT2D eigenvalue weighted by atomic mass is 19.1. The quantitative estimate of drug-likeness (QED) is 0.628. The summed E-state index contributed by atoms with van der Waals surface area (Å²) in [5.41, 5.74) is 0. The van der Waals surface area contributed by atoms with Crippen molar-refractivity contribution in [2.75, 3.05) is 0 Å². The summed E-state index contributed by atoms with van der Waals surface area (Å²) in [6, 6.07) is 0. The second-order valence-corrected chi connectivity index (χ2v) is 2.18. The maximum absolute atomic E-state index is 12.1. The first kappa shape index (κ1) is 7.25. The van der Waals surface area contributed by atoms with E-state index in [1.807, 2.05) is 0 Å². The number of aryl methyl sites for hydroxylation is 1. The van der Waals surface area contributed by atoms with E-state index in [-0.39, 0.29) is 0 Å². The smallest absolute Gasteiger partial charge is 0.166 e. The summed E-state index contributed by atoms with van der Waals surface area (Å²) >= 11 is 0. The lowest BCUT2D eigenvalue weighted by Gasteiger charge is -1.98. The molecule has 0 radical (unpaired) electrons. The number of rotatable bonds is 3. The summed E-state index contributed by atoms with van der Waals surface area (Å²) in [6.07, 6.45) is 5.16. The molecular formula is C7H11FN2. The number of aromatic nitrogens is 2. The molecule has 0 spiro atoms. The van der Waals surface area contributed by atoms with Crippen molar-refractivity contribution in [2.24, 2.45) is 0 Å². The van der Waals surface area contributed by atoms with Crippen LogP contribution in [-0.4, -0.2) is 9.55 Å². The van der Waals surface area contributed by atoms with Gasteiger partial charge in [0.15, 0.2) is 6.80 Å². The van der Waals surface area contributed by atoms with E-state index in [0.29, 0.717) is 0 Å². The normalized spacial score (nSPS) is 10.2. The maximum Gasteiger partial charge on any atom is 0.166 e. The van der Waals surface area contributed by atoms with Crippen molar-refractivity contribution in [3.63, 3.8) is 0 Å². The van der Waals surface area contributed by atoms with Crippen molar-refractivity contribution in [1.82, 2.24) is 9.55 Å². The first-order valence-corrected chi connectivity index (χ1v) is 3.44. The van der Waals surface area contributed by atoms with Gasteiger partial charge in [-0.2, -0.15) is 0 Å². The zero-order valence-corrected chi connectivity index (χ0v) is 6.05. The SMILES string of the molecule is CCCc1nccn1CF. The van der Waals surface area contributed by atoms with Gasteiger partial charge in [-0.1, -0.05) is 6.92 Å². The van der Waals surface area contributed by atoms with Crippen LogP contribution in [-0.2, 0) is 13.2 Å². The molecule has 0 bridgehead atoms. The zero-order valence-electron chi connectivity index (χ0n) is 6.05. The van der Waals surface area contributed by atoms with Crippen LogP contribution in [0, 0.1) is 0 Å². The number of alkyl halides is 1. The number of hydrogen-bond donors (Lipinski definition) is 0. The van der Waals surface area contributed by atoms with Crippen LogP contribution in [0.1, 0.15) is 19.2 Å². The summed E-state index contributed by atoms with van der Waals surface area (Å²) in [7, 11) is 0. The molecule has 1 heterocycles. The predicted molar refractivity (Wildman–Crippen MR) is 37.3 cm³/mol. The largest absolute Gasteiger partial charge is 0.306 e. The minimum Gasteiger partial charge on any atom is -0.306 e. The molecule has 1 rings (SSSR count). The van der Waals surface area contributed by atoms with Gasteiger partial charge in [0, 0.05) is 18.8 Å². The van der Waals surface area contributed by atoms with E-state index in [1.54, 1.807) is 12.4 Å². The topological polar surface area (TPSA) is 17.8 Å². The van der Waals surface area contributed by atoms with E-state index >= 15 is 0 Å². The fourth-order valence-corrected chi connectivity index (χ4v) is 0.901. The molecule has 0 fully saturated rings. The van der Waals surface area contributed by atoms with Gasteiger partial charge in [-0.15, -0.1) is 0 Å². The standard InChI is InChI=1S/C7H11FN2/c1-2-3-7-9-4-5-10(7)6-8/h4-5H,2-3,6H2,1H3. The highest BCUT2D eigenvalue weighted by molar-refractivity contribution is 4.91. The van der Waals surface area contributed by atoms with Gasteiger partial charge in [0.2, 0.25) is 0 Å². The fourth-order valence-electron chi connectivity index (χ4n) is 0.901. The predicted octanol–water partition coefficient (Wildman–Crippen LogP) is 1.76. The molecule has 0 aromatic carbocycles. The van der Waals surface area contributed by atoms with Crippen LogP contribution in [0.15, 0.2) is 12.4 Å². The molecule has 10 heavy (non-hydrogen) atoms. The van der Waals surface area contributed by atoms with E-state index in [2.05, 4.69) is 11.9 Å². The average molecular weight is 142 g/mol. The molecule has 2 nitrogen and oxygen atoms in total. The molecule has 0 amide bonds. The molecule has 56 valence electrons.